The van der Waals surface area contributed by atoms with Crippen LogP contribution in [0.4, 0.5) is 0 Å². The van der Waals surface area contributed by atoms with Crippen LogP contribution < -0.4 is 5.32 Å². The van der Waals surface area contributed by atoms with E-state index in [1.165, 1.54) is 0 Å². The van der Waals surface area contributed by atoms with Crippen molar-refractivity contribution < 1.29 is 9.59 Å². The molecule has 0 saturated carbocycles. The molecule has 1 saturated heterocycles. The highest BCUT2D eigenvalue weighted by Gasteiger charge is 2.29. The van der Waals surface area contributed by atoms with Crippen LogP contribution in [-0.2, 0) is 9.59 Å². The summed E-state index contributed by atoms with van der Waals surface area (Å²) < 4.78 is 0. The first kappa shape index (κ1) is 11.6. The van der Waals surface area contributed by atoms with Gasteiger partial charge in [0.15, 0.2) is 5.78 Å². The molecule has 90 valence electrons. The topological polar surface area (TPSA) is 76.4 Å². The maximum absolute atomic E-state index is 11.6. The first-order chi connectivity index (χ1) is 8.11. The molecular weight excluding hydrogens is 220 g/mol. The Morgan fingerprint density at radius 3 is 2.47 bits per heavy atom. The lowest BCUT2D eigenvalue weighted by atomic mass is 10.1. The molecule has 1 N–H and O–H groups in total. The number of ketones is 1. The number of carbonyl (C=O) groups is 2. The van der Waals surface area contributed by atoms with Gasteiger partial charge in [0.25, 0.3) is 0 Å². The third-order valence-electron chi connectivity index (χ3n) is 3.03. The van der Waals surface area contributed by atoms with Gasteiger partial charge in [0.05, 0.1) is 6.42 Å². The summed E-state index contributed by atoms with van der Waals surface area (Å²) in [6, 6.07) is 1.89. The Hall–Kier alpha value is -1.87. The lowest BCUT2D eigenvalue weighted by molar-refractivity contribution is -0.127. The standard InChI is InChI=1S/C11H14N4O2/c1-14-2-4-15(5-3-14)11-8(7-12)9(16)6-10(17)13-11/h2-6H2,1H3,(H,13,17). The van der Waals surface area contributed by atoms with E-state index in [2.05, 4.69) is 10.2 Å². The number of hydrogen-bond acceptors (Lipinski definition) is 5. The Morgan fingerprint density at radius 1 is 1.24 bits per heavy atom. The van der Waals surface area contributed by atoms with Crippen molar-refractivity contribution in [3.8, 4) is 6.07 Å². The van der Waals surface area contributed by atoms with Crippen molar-refractivity contribution in [3.05, 3.63) is 11.4 Å². The molecule has 0 unspecified atom stereocenters. The Balaban J connectivity index is 2.25. The Bertz CT molecular complexity index is 427. The highest BCUT2D eigenvalue weighted by molar-refractivity contribution is 6.12. The molecule has 6 nitrogen and oxygen atoms in total. The molecule has 0 aromatic carbocycles. The van der Waals surface area contributed by atoms with Crippen LogP contribution in [0.5, 0.6) is 0 Å². The summed E-state index contributed by atoms with van der Waals surface area (Å²) in [6.45, 7) is 3.13. The van der Waals surface area contributed by atoms with Crippen LogP contribution >= 0.6 is 0 Å². The smallest absolute Gasteiger partial charge is 0.233 e. The van der Waals surface area contributed by atoms with Crippen LogP contribution in [0.3, 0.4) is 0 Å². The summed E-state index contributed by atoms with van der Waals surface area (Å²) in [5.41, 5.74) is 0.0779. The number of piperazine rings is 1. The van der Waals surface area contributed by atoms with Crippen molar-refractivity contribution in [1.82, 2.24) is 15.1 Å². The lowest BCUT2D eigenvalue weighted by Gasteiger charge is -2.36. The summed E-state index contributed by atoms with van der Waals surface area (Å²) in [6.07, 6.45) is -0.222. The van der Waals surface area contributed by atoms with Crippen LogP contribution in [0.2, 0.25) is 0 Å². The van der Waals surface area contributed by atoms with Crippen LogP contribution in [-0.4, -0.2) is 54.7 Å². The maximum atomic E-state index is 11.6. The van der Waals surface area contributed by atoms with Crippen LogP contribution in [0.1, 0.15) is 6.42 Å². The normalized spacial score (nSPS) is 22.5. The predicted molar refractivity (Wildman–Crippen MR) is 59.5 cm³/mol. The molecule has 0 aromatic rings. The number of nitrogens with zero attached hydrogens (tertiary/aromatic N) is 3. The van der Waals surface area contributed by atoms with Gasteiger partial charge >= 0.3 is 0 Å². The zero-order valence-electron chi connectivity index (χ0n) is 9.69. The molecule has 2 rings (SSSR count). The number of likely N-dealkylation sites (N-methyl/N-ethyl adjacent to an activating group) is 1. The number of nitriles is 1. The van der Waals surface area contributed by atoms with E-state index in [4.69, 9.17) is 5.26 Å². The molecule has 0 atom stereocenters. The Morgan fingerprint density at radius 2 is 1.88 bits per heavy atom. The second kappa shape index (κ2) is 4.55. The lowest BCUT2D eigenvalue weighted by Crippen LogP contribution is -2.49. The molecule has 0 aliphatic carbocycles. The number of allylic oxidation sites excluding steroid dienone is 1. The van der Waals surface area contributed by atoms with Crippen LogP contribution in [0.25, 0.3) is 0 Å². The molecule has 17 heavy (non-hydrogen) atoms. The highest BCUT2D eigenvalue weighted by Crippen LogP contribution is 2.16. The average Bonchev–Trinajstić information content (AvgIpc) is 2.29. The van der Waals surface area contributed by atoms with E-state index in [1.807, 2.05) is 18.0 Å². The van der Waals surface area contributed by atoms with Gasteiger partial charge in [-0.1, -0.05) is 0 Å². The molecule has 1 amide bonds. The largest absolute Gasteiger partial charge is 0.354 e. The van der Waals surface area contributed by atoms with Gasteiger partial charge in [-0.3, -0.25) is 9.59 Å². The van der Waals surface area contributed by atoms with Crippen molar-refractivity contribution in [2.45, 2.75) is 6.42 Å². The summed E-state index contributed by atoms with van der Waals surface area (Å²) in [4.78, 5) is 27.0. The first-order valence-corrected chi connectivity index (χ1v) is 5.52. The fourth-order valence-electron chi connectivity index (χ4n) is 1.99. The molecule has 0 bridgehead atoms. The van der Waals surface area contributed by atoms with Gasteiger partial charge in [0, 0.05) is 26.2 Å². The van der Waals surface area contributed by atoms with Crippen LogP contribution in [0.15, 0.2) is 11.4 Å². The highest BCUT2D eigenvalue weighted by atomic mass is 16.2. The average molecular weight is 234 g/mol. The van der Waals surface area contributed by atoms with Gasteiger partial charge < -0.3 is 15.1 Å². The number of rotatable bonds is 1. The van der Waals surface area contributed by atoms with Crippen molar-refractivity contribution in [2.75, 3.05) is 33.2 Å². The second-order valence-corrected chi connectivity index (χ2v) is 4.27. The van der Waals surface area contributed by atoms with E-state index >= 15 is 0 Å². The summed E-state index contributed by atoms with van der Waals surface area (Å²) in [5.74, 6) is -0.324. The summed E-state index contributed by atoms with van der Waals surface area (Å²) in [7, 11) is 2.02. The van der Waals surface area contributed by atoms with Gasteiger partial charge in [0.2, 0.25) is 5.91 Å². The minimum absolute atomic E-state index is 0.0779. The summed E-state index contributed by atoms with van der Waals surface area (Å²) >= 11 is 0. The maximum Gasteiger partial charge on any atom is 0.233 e. The monoisotopic (exact) mass is 234 g/mol. The molecule has 2 aliphatic heterocycles. The third kappa shape index (κ3) is 2.29. The van der Waals surface area contributed by atoms with E-state index in [0.29, 0.717) is 18.9 Å². The fourth-order valence-corrected chi connectivity index (χ4v) is 1.99. The van der Waals surface area contributed by atoms with Crippen molar-refractivity contribution in [1.29, 1.82) is 5.26 Å². The van der Waals surface area contributed by atoms with E-state index in [1.54, 1.807) is 0 Å². The summed E-state index contributed by atoms with van der Waals surface area (Å²) in [5, 5.41) is 11.6. The molecule has 0 spiro atoms. The van der Waals surface area contributed by atoms with Crippen LogP contribution in [0, 0.1) is 11.3 Å². The molecule has 2 heterocycles. The number of carbonyl (C=O) groups excluding carboxylic acids is 2. The molecule has 6 heteroatoms. The minimum atomic E-state index is -0.384. The van der Waals surface area contributed by atoms with Gasteiger partial charge in [-0.25, -0.2) is 0 Å². The quantitative estimate of drug-likeness (QED) is 0.592. The Labute approximate surface area is 99.5 Å². The number of hydrogen-bond donors (Lipinski definition) is 1. The van der Waals surface area contributed by atoms with E-state index in [-0.39, 0.29) is 23.7 Å². The van der Waals surface area contributed by atoms with Gasteiger partial charge in [-0.2, -0.15) is 5.26 Å². The fraction of sp³-hybridized carbons (Fsp3) is 0.545. The van der Waals surface area contributed by atoms with Crippen molar-refractivity contribution >= 4 is 11.7 Å². The molecule has 1 fully saturated rings. The number of nitrogens with one attached hydrogen (secondary N) is 1. The first-order valence-electron chi connectivity index (χ1n) is 5.52. The Kier molecular flexibility index (Phi) is 3.11. The van der Waals surface area contributed by atoms with Gasteiger partial charge in [-0.05, 0) is 7.05 Å². The third-order valence-corrected chi connectivity index (χ3v) is 3.03. The SMILES string of the molecule is CN1CCN(C2=C(C#N)C(=O)CC(=O)N2)CC1. The molecule has 2 aliphatic rings. The predicted octanol–water partition coefficient (Wildman–Crippen LogP) is -0.942. The number of Topliss-reactive ketones (excluding diaryl/α,β-unsaturated/α-hetero) is 1. The zero-order chi connectivity index (χ0) is 12.4. The van der Waals surface area contributed by atoms with Crippen molar-refractivity contribution in [3.63, 3.8) is 0 Å². The molecule has 0 radical (unpaired) electrons. The van der Waals surface area contributed by atoms with Gasteiger partial charge in [0.1, 0.15) is 17.5 Å². The van der Waals surface area contributed by atoms with E-state index < -0.39 is 0 Å². The zero-order valence-corrected chi connectivity index (χ0v) is 9.69. The van der Waals surface area contributed by atoms with E-state index in [9.17, 15) is 9.59 Å². The minimum Gasteiger partial charge on any atom is -0.354 e. The second-order valence-electron chi connectivity index (χ2n) is 4.27. The van der Waals surface area contributed by atoms with E-state index in [0.717, 1.165) is 13.1 Å². The molecule has 0 aromatic heterocycles. The van der Waals surface area contributed by atoms with Gasteiger partial charge in [-0.15, -0.1) is 0 Å². The molecular formula is C11H14N4O2. The number of amides is 1. The van der Waals surface area contributed by atoms with Crippen molar-refractivity contribution in [2.24, 2.45) is 0 Å².